The Balaban J connectivity index is 0. The highest BCUT2D eigenvalue weighted by atomic mass is 35.5. The van der Waals surface area contributed by atoms with E-state index in [1.807, 2.05) is 6.92 Å². The van der Waals surface area contributed by atoms with Crippen LogP contribution in [0.4, 0.5) is 0 Å². The fourth-order valence-electron chi connectivity index (χ4n) is 2.53. The van der Waals surface area contributed by atoms with Crippen molar-refractivity contribution in [1.29, 1.82) is 0 Å². The smallest absolute Gasteiger partial charge is 0.327 e. The van der Waals surface area contributed by atoms with Crippen LogP contribution in [0.5, 0.6) is 0 Å². The maximum Gasteiger partial charge on any atom is 0.327 e. The number of nitrogens with two attached hydrogens (primary N) is 1. The molecule has 1 unspecified atom stereocenters. The Labute approximate surface area is 137 Å². The highest BCUT2D eigenvalue weighted by Gasteiger charge is 2.12. The van der Waals surface area contributed by atoms with Crippen molar-refractivity contribution in [3.05, 3.63) is 0 Å². The summed E-state index contributed by atoms with van der Waals surface area (Å²) >= 11 is 0. The Morgan fingerprint density at radius 2 is 1.24 bits per heavy atom. The van der Waals surface area contributed by atoms with Crippen LogP contribution in [-0.4, -0.2) is 5.97 Å². The van der Waals surface area contributed by atoms with Crippen LogP contribution in [0.25, 0.3) is 0 Å². The first-order valence-electron chi connectivity index (χ1n) is 8.63. The van der Waals surface area contributed by atoms with E-state index in [9.17, 15) is 4.79 Å². The van der Waals surface area contributed by atoms with E-state index >= 15 is 0 Å². The highest BCUT2D eigenvalue weighted by Crippen LogP contribution is 2.14. The number of carbonyl (C=O) groups excluding carboxylic acids is 1. The molecule has 0 radical (unpaired) electrons. The molecule has 0 aromatic heterocycles. The van der Waals surface area contributed by atoms with Gasteiger partial charge in [-0.15, -0.1) is 12.4 Å². The SMILES string of the molecule is CCCCCCCCCCCCCCC(C)C(=O)ON.Cl. The van der Waals surface area contributed by atoms with Crippen LogP contribution in [-0.2, 0) is 9.63 Å². The molecule has 0 bridgehead atoms. The number of hydrogen-bond donors (Lipinski definition) is 1. The van der Waals surface area contributed by atoms with Crippen LogP contribution in [0.15, 0.2) is 0 Å². The molecule has 0 aliphatic carbocycles. The van der Waals surface area contributed by atoms with Gasteiger partial charge in [0.2, 0.25) is 0 Å². The van der Waals surface area contributed by atoms with Gasteiger partial charge in [0.05, 0.1) is 5.92 Å². The number of hydrogen-bond acceptors (Lipinski definition) is 3. The van der Waals surface area contributed by atoms with Gasteiger partial charge in [0.15, 0.2) is 0 Å². The van der Waals surface area contributed by atoms with E-state index in [-0.39, 0.29) is 24.3 Å². The summed E-state index contributed by atoms with van der Waals surface area (Å²) in [6.07, 6.45) is 17.0. The molecule has 0 aromatic rings. The number of halogens is 1. The van der Waals surface area contributed by atoms with Gasteiger partial charge in [0.25, 0.3) is 0 Å². The number of rotatable bonds is 14. The second-order valence-corrected chi connectivity index (χ2v) is 6.02. The zero-order chi connectivity index (χ0) is 15.1. The van der Waals surface area contributed by atoms with Crippen LogP contribution in [0.3, 0.4) is 0 Å². The predicted octanol–water partition coefficient (Wildman–Crippen LogP) is 5.55. The molecular formula is C17H36ClNO2. The number of unbranched alkanes of at least 4 members (excludes halogenated alkanes) is 11. The Kier molecular flexibility index (Phi) is 19.5. The molecule has 0 saturated heterocycles. The third-order valence-corrected chi connectivity index (χ3v) is 4.01. The summed E-state index contributed by atoms with van der Waals surface area (Å²) < 4.78 is 0. The lowest BCUT2D eigenvalue weighted by atomic mass is 10.0. The first-order chi connectivity index (χ1) is 9.72. The summed E-state index contributed by atoms with van der Waals surface area (Å²) in [7, 11) is 0. The van der Waals surface area contributed by atoms with E-state index in [4.69, 9.17) is 5.90 Å². The van der Waals surface area contributed by atoms with Crippen molar-refractivity contribution in [3.63, 3.8) is 0 Å². The minimum Gasteiger partial charge on any atom is -0.373 e. The lowest BCUT2D eigenvalue weighted by Crippen LogP contribution is -2.18. The molecule has 0 saturated carbocycles. The zero-order valence-corrected chi connectivity index (χ0v) is 14.9. The Morgan fingerprint density at radius 3 is 1.62 bits per heavy atom. The molecule has 21 heavy (non-hydrogen) atoms. The Morgan fingerprint density at radius 1 is 0.857 bits per heavy atom. The standard InChI is InChI=1S/C17H35NO2.ClH/c1-3-4-5-6-7-8-9-10-11-12-13-14-15-16(2)17(19)20-18;/h16H,3-15,18H2,1-2H3;1H. The molecule has 128 valence electrons. The van der Waals surface area contributed by atoms with E-state index in [2.05, 4.69) is 11.8 Å². The van der Waals surface area contributed by atoms with Crippen LogP contribution in [0, 0.1) is 5.92 Å². The zero-order valence-electron chi connectivity index (χ0n) is 14.1. The van der Waals surface area contributed by atoms with Gasteiger partial charge in [0.1, 0.15) is 0 Å². The van der Waals surface area contributed by atoms with Crippen LogP contribution < -0.4 is 5.90 Å². The van der Waals surface area contributed by atoms with Crippen molar-refractivity contribution in [2.24, 2.45) is 11.8 Å². The van der Waals surface area contributed by atoms with E-state index in [0.29, 0.717) is 0 Å². The molecule has 0 aliphatic rings. The molecule has 0 rings (SSSR count). The molecular weight excluding hydrogens is 286 g/mol. The third kappa shape index (κ3) is 15.9. The monoisotopic (exact) mass is 321 g/mol. The van der Waals surface area contributed by atoms with Crippen molar-refractivity contribution < 1.29 is 9.63 Å². The van der Waals surface area contributed by atoms with Gasteiger partial charge in [-0.1, -0.05) is 90.9 Å². The van der Waals surface area contributed by atoms with Gasteiger partial charge < -0.3 is 4.84 Å². The molecule has 0 fully saturated rings. The van der Waals surface area contributed by atoms with E-state index < -0.39 is 0 Å². The second-order valence-electron chi connectivity index (χ2n) is 6.02. The van der Waals surface area contributed by atoms with Crippen LogP contribution >= 0.6 is 12.4 Å². The van der Waals surface area contributed by atoms with Gasteiger partial charge in [-0.25, -0.2) is 0 Å². The molecule has 0 heterocycles. The quantitative estimate of drug-likeness (QED) is 0.337. The van der Waals surface area contributed by atoms with Crippen molar-refractivity contribution >= 4 is 18.4 Å². The minimum atomic E-state index is -0.284. The summed E-state index contributed by atoms with van der Waals surface area (Å²) in [5.41, 5.74) is 0. The first-order valence-corrected chi connectivity index (χ1v) is 8.63. The summed E-state index contributed by atoms with van der Waals surface area (Å²) in [4.78, 5) is 15.3. The lowest BCUT2D eigenvalue weighted by Gasteiger charge is -2.07. The van der Waals surface area contributed by atoms with Gasteiger partial charge in [-0.2, -0.15) is 5.90 Å². The van der Waals surface area contributed by atoms with Gasteiger partial charge >= 0.3 is 5.97 Å². The molecule has 2 N–H and O–H groups in total. The molecule has 3 nitrogen and oxygen atoms in total. The summed E-state index contributed by atoms with van der Waals surface area (Å²) in [5, 5.41) is 0. The van der Waals surface area contributed by atoms with E-state index in [1.165, 1.54) is 70.6 Å². The predicted molar refractivity (Wildman–Crippen MR) is 92.4 cm³/mol. The van der Waals surface area contributed by atoms with Crippen molar-refractivity contribution in [1.82, 2.24) is 0 Å². The maximum atomic E-state index is 11.1. The lowest BCUT2D eigenvalue weighted by molar-refractivity contribution is -0.148. The van der Waals surface area contributed by atoms with Crippen LogP contribution in [0.1, 0.15) is 97.3 Å². The second kappa shape index (κ2) is 17.8. The normalized spacial score (nSPS) is 11.8. The summed E-state index contributed by atoms with van der Waals surface area (Å²) in [6, 6.07) is 0. The minimum absolute atomic E-state index is 0. The fraction of sp³-hybridized carbons (Fsp3) is 0.941. The molecule has 4 heteroatoms. The van der Waals surface area contributed by atoms with Crippen LogP contribution in [0.2, 0.25) is 0 Å². The largest absolute Gasteiger partial charge is 0.373 e. The topological polar surface area (TPSA) is 52.3 Å². The molecule has 0 amide bonds. The molecule has 0 aliphatic heterocycles. The van der Waals surface area contributed by atoms with Gasteiger partial charge in [0, 0.05) is 0 Å². The number of carbonyl (C=O) groups is 1. The molecule has 0 aromatic carbocycles. The van der Waals surface area contributed by atoms with Gasteiger partial charge in [-0.3, -0.25) is 4.79 Å². The molecule has 0 spiro atoms. The average Bonchev–Trinajstić information content (AvgIpc) is 2.47. The van der Waals surface area contributed by atoms with Gasteiger partial charge in [-0.05, 0) is 6.42 Å². The Hall–Kier alpha value is -0.280. The average molecular weight is 322 g/mol. The highest BCUT2D eigenvalue weighted by molar-refractivity contribution is 5.85. The Bertz CT molecular complexity index is 225. The van der Waals surface area contributed by atoms with Crippen molar-refractivity contribution in [2.75, 3.05) is 0 Å². The van der Waals surface area contributed by atoms with E-state index in [0.717, 1.165) is 12.8 Å². The summed E-state index contributed by atoms with van der Waals surface area (Å²) in [5.74, 6) is 4.52. The third-order valence-electron chi connectivity index (χ3n) is 4.01. The summed E-state index contributed by atoms with van der Waals surface area (Å²) in [6.45, 7) is 4.15. The van der Waals surface area contributed by atoms with Crippen molar-refractivity contribution in [3.8, 4) is 0 Å². The maximum absolute atomic E-state index is 11.1. The van der Waals surface area contributed by atoms with Crippen molar-refractivity contribution in [2.45, 2.75) is 97.3 Å². The fourth-order valence-corrected chi connectivity index (χ4v) is 2.53. The van der Waals surface area contributed by atoms with E-state index in [1.54, 1.807) is 0 Å². The molecule has 1 atom stereocenters. The first kappa shape index (κ1) is 23.0.